The van der Waals surface area contributed by atoms with Gasteiger partial charge in [0.15, 0.2) is 0 Å². The average molecular weight is 239 g/mol. The molecular weight excluding hydrogens is 232 g/mol. The van der Waals surface area contributed by atoms with Crippen molar-refractivity contribution in [2.45, 2.75) is 25.1 Å². The van der Waals surface area contributed by atoms with E-state index in [4.69, 9.17) is 0 Å². The first-order chi connectivity index (χ1) is 5.88. The molecule has 0 fully saturated rings. The molecule has 84 valence electrons. The number of nitrogens with one attached hydrogen (secondary N) is 1. The van der Waals surface area contributed by atoms with Gasteiger partial charge >= 0.3 is 17.9 Å². The average Bonchev–Trinajstić information content (AvgIpc) is 1.80. The molecule has 0 radical (unpaired) electrons. The number of halogens is 6. The van der Waals surface area contributed by atoms with Crippen molar-refractivity contribution in [3.63, 3.8) is 0 Å². The van der Waals surface area contributed by atoms with Crippen LogP contribution < -0.4 is 4.98 Å². The van der Waals surface area contributed by atoms with Gasteiger partial charge in [0.1, 0.15) is 0 Å². The largest absolute Gasteiger partial charge is 0.470 e. The molecule has 0 saturated heterocycles. The predicted molar refractivity (Wildman–Crippen MR) is 37.7 cm³/mol. The zero-order valence-electron chi connectivity index (χ0n) is 7.18. The third-order valence-corrected chi connectivity index (χ3v) is 3.66. The number of hydrogen-bond acceptors (Lipinski definition) is 1. The molecule has 0 aliphatic rings. The number of rotatable bonds is 1. The molecule has 9 heteroatoms. The molecule has 0 heterocycles. The Kier molecular flexibility index (Phi) is 3.26. The molecule has 14 heavy (non-hydrogen) atoms. The summed E-state index contributed by atoms with van der Waals surface area (Å²) < 4.78 is 71.0. The van der Waals surface area contributed by atoms with Crippen LogP contribution >= 0.6 is 0 Å². The zero-order valence-corrected chi connectivity index (χ0v) is 8.18. The molecular formula is C5H7F6NOSi. The van der Waals surface area contributed by atoms with Crippen LogP contribution in [0.3, 0.4) is 0 Å². The fourth-order valence-electron chi connectivity index (χ4n) is 0.426. The second-order valence-corrected chi connectivity index (χ2v) is 7.14. The molecule has 0 atom stereocenters. The number of amides is 1. The number of hydrogen-bond donors (Lipinski definition) is 1. The molecule has 0 rings (SSSR count). The fraction of sp³-hybridized carbons (Fsp3) is 0.800. The summed E-state index contributed by atoms with van der Waals surface area (Å²) in [6.45, 7) is 1.16. The Labute approximate surface area is 76.4 Å². The first kappa shape index (κ1) is 13.3. The monoisotopic (exact) mass is 239 g/mol. The molecule has 0 aliphatic carbocycles. The second kappa shape index (κ2) is 3.44. The zero-order chi connectivity index (χ0) is 11.8. The maximum absolute atomic E-state index is 12.1. The number of carbonyl (C=O) groups is 1. The molecule has 1 N–H and O–H groups in total. The van der Waals surface area contributed by atoms with Crippen molar-refractivity contribution >= 4 is 14.1 Å². The first-order valence-corrected chi connectivity index (χ1v) is 6.34. The van der Waals surface area contributed by atoms with Gasteiger partial charge in [0, 0.05) is 0 Å². The summed E-state index contributed by atoms with van der Waals surface area (Å²) in [4.78, 5) is 11.2. The van der Waals surface area contributed by atoms with E-state index in [0.717, 1.165) is 4.98 Å². The summed E-state index contributed by atoms with van der Waals surface area (Å²) in [6.07, 6.45) is -5.28. The second-order valence-electron chi connectivity index (χ2n) is 3.07. The highest BCUT2D eigenvalue weighted by molar-refractivity contribution is 6.78. The Morgan fingerprint density at radius 1 is 1.07 bits per heavy atom. The van der Waals surface area contributed by atoms with E-state index in [2.05, 4.69) is 0 Å². The van der Waals surface area contributed by atoms with E-state index in [1.165, 1.54) is 0 Å². The highest BCUT2D eigenvalue weighted by Crippen LogP contribution is 2.27. The quantitative estimate of drug-likeness (QED) is 0.550. The van der Waals surface area contributed by atoms with Gasteiger partial charge < -0.3 is 4.98 Å². The Hall–Kier alpha value is -0.733. The van der Waals surface area contributed by atoms with Crippen LogP contribution in [0.1, 0.15) is 0 Å². The lowest BCUT2D eigenvalue weighted by atomic mass is 10.6. The fourth-order valence-corrected chi connectivity index (χ4v) is 1.28. The van der Waals surface area contributed by atoms with Gasteiger partial charge in [-0.25, -0.2) is 0 Å². The topological polar surface area (TPSA) is 29.1 Å². The highest BCUT2D eigenvalue weighted by Gasteiger charge is 2.54. The maximum atomic E-state index is 12.1. The Morgan fingerprint density at radius 3 is 1.64 bits per heavy atom. The molecule has 0 spiro atoms. The van der Waals surface area contributed by atoms with Crippen LogP contribution in [-0.4, -0.2) is 26.1 Å². The first-order valence-electron chi connectivity index (χ1n) is 3.34. The Morgan fingerprint density at radius 2 is 1.43 bits per heavy atom. The number of alkyl halides is 6. The van der Waals surface area contributed by atoms with E-state index in [1.54, 1.807) is 0 Å². The van der Waals surface area contributed by atoms with Gasteiger partial charge in [-0.2, -0.15) is 26.3 Å². The van der Waals surface area contributed by atoms with Crippen molar-refractivity contribution in [3.05, 3.63) is 0 Å². The van der Waals surface area contributed by atoms with Crippen molar-refractivity contribution in [2.24, 2.45) is 0 Å². The van der Waals surface area contributed by atoms with Crippen molar-refractivity contribution < 1.29 is 31.1 Å². The van der Waals surface area contributed by atoms with Crippen LogP contribution in [0.25, 0.3) is 0 Å². The van der Waals surface area contributed by atoms with Crippen LogP contribution in [0, 0.1) is 0 Å². The predicted octanol–water partition coefficient (Wildman–Crippen LogP) is 1.97. The lowest BCUT2D eigenvalue weighted by Crippen LogP contribution is -2.62. The summed E-state index contributed by atoms with van der Waals surface area (Å²) in [7, 11) is -4.40. The van der Waals surface area contributed by atoms with E-state index in [0.29, 0.717) is 13.1 Å². The third kappa shape index (κ3) is 3.20. The standard InChI is InChI=1S/C5H7F6NOSi/c1-14(2,5(9,10)11)12-3(13)4(6,7)8/h1-2H3,(H,12,13). The van der Waals surface area contributed by atoms with Gasteiger partial charge in [0.25, 0.3) is 8.24 Å². The normalized spacial score (nSPS) is 14.0. The van der Waals surface area contributed by atoms with Gasteiger partial charge in [-0.3, -0.25) is 4.79 Å². The molecule has 0 aromatic rings. The molecule has 0 bridgehead atoms. The highest BCUT2D eigenvalue weighted by atomic mass is 28.3. The summed E-state index contributed by atoms with van der Waals surface area (Å²) >= 11 is 0. The van der Waals surface area contributed by atoms with E-state index in [9.17, 15) is 31.1 Å². The molecule has 0 saturated carbocycles. The van der Waals surface area contributed by atoms with E-state index in [-0.39, 0.29) is 0 Å². The Balaban J connectivity index is 4.62. The molecule has 2 nitrogen and oxygen atoms in total. The molecule has 0 aromatic carbocycles. The molecule has 0 unspecified atom stereocenters. The van der Waals surface area contributed by atoms with E-state index in [1.807, 2.05) is 0 Å². The minimum atomic E-state index is -5.28. The molecule has 0 aliphatic heterocycles. The van der Waals surface area contributed by atoms with Gasteiger partial charge in [-0.15, -0.1) is 0 Å². The van der Waals surface area contributed by atoms with Crippen LogP contribution in [0.15, 0.2) is 0 Å². The molecule has 1 amide bonds. The Bertz CT molecular complexity index is 231. The summed E-state index contributed by atoms with van der Waals surface area (Å²) in [5, 5.41) is 0. The molecule has 0 aromatic heterocycles. The van der Waals surface area contributed by atoms with Crippen LogP contribution in [0.2, 0.25) is 13.1 Å². The van der Waals surface area contributed by atoms with Crippen LogP contribution in [-0.2, 0) is 4.79 Å². The third-order valence-electron chi connectivity index (χ3n) is 1.39. The van der Waals surface area contributed by atoms with Crippen molar-refractivity contribution in [3.8, 4) is 0 Å². The van der Waals surface area contributed by atoms with E-state index < -0.39 is 26.1 Å². The van der Waals surface area contributed by atoms with E-state index >= 15 is 0 Å². The van der Waals surface area contributed by atoms with Gasteiger partial charge in [0.05, 0.1) is 0 Å². The van der Waals surface area contributed by atoms with Crippen LogP contribution in [0.4, 0.5) is 26.3 Å². The van der Waals surface area contributed by atoms with Crippen molar-refractivity contribution in [2.75, 3.05) is 0 Å². The maximum Gasteiger partial charge on any atom is 0.470 e. The lowest BCUT2D eigenvalue weighted by Gasteiger charge is -2.26. The lowest BCUT2D eigenvalue weighted by molar-refractivity contribution is -0.172. The van der Waals surface area contributed by atoms with Gasteiger partial charge in [-0.1, -0.05) is 0 Å². The van der Waals surface area contributed by atoms with Crippen molar-refractivity contribution in [1.29, 1.82) is 0 Å². The van der Waals surface area contributed by atoms with Gasteiger partial charge in [-0.05, 0) is 13.1 Å². The smallest absolute Gasteiger partial charge is 0.366 e. The summed E-state index contributed by atoms with van der Waals surface area (Å²) in [5.74, 6) is -7.35. The van der Waals surface area contributed by atoms with Crippen molar-refractivity contribution in [1.82, 2.24) is 4.98 Å². The minimum Gasteiger partial charge on any atom is -0.366 e. The van der Waals surface area contributed by atoms with Gasteiger partial charge in [0.2, 0.25) is 0 Å². The minimum absolute atomic E-state index is 0.580. The van der Waals surface area contributed by atoms with Crippen LogP contribution in [0.5, 0.6) is 0 Å². The summed E-state index contributed by atoms with van der Waals surface area (Å²) in [5.41, 5.74) is 0. The number of carbonyl (C=O) groups excluding carboxylic acids is 1. The summed E-state index contributed by atoms with van der Waals surface area (Å²) in [6, 6.07) is 0. The SMILES string of the molecule is C[Si](C)(NC(=O)C(F)(F)F)C(F)(F)F.